The maximum Gasteiger partial charge on any atom is 0.187 e. The molecule has 0 N–H and O–H groups in total. The highest BCUT2D eigenvalue weighted by Crippen LogP contribution is 2.19. The molecule has 0 unspecified atom stereocenters. The van der Waals surface area contributed by atoms with Crippen molar-refractivity contribution in [2.45, 2.75) is 6.42 Å². The van der Waals surface area contributed by atoms with Gasteiger partial charge in [-0.25, -0.2) is 4.85 Å². The van der Waals surface area contributed by atoms with Crippen molar-refractivity contribution < 1.29 is 4.74 Å². The summed E-state index contributed by atoms with van der Waals surface area (Å²) in [6, 6.07) is 17.2. The minimum atomic E-state index is 0.637. The molecule has 1 aliphatic heterocycles. The number of rotatable bonds is 6. The predicted octanol–water partition coefficient (Wildman–Crippen LogP) is 3.70. The molecule has 0 spiro atoms. The number of piperazine rings is 1. The van der Waals surface area contributed by atoms with Crippen LogP contribution in [0.2, 0.25) is 0 Å². The lowest BCUT2D eigenvalue weighted by molar-refractivity contribution is 0.225. The van der Waals surface area contributed by atoms with Crippen LogP contribution in [0.4, 0.5) is 11.4 Å². The van der Waals surface area contributed by atoms with Gasteiger partial charge < -0.3 is 9.64 Å². The first kappa shape index (κ1) is 17.8. The van der Waals surface area contributed by atoms with Crippen molar-refractivity contribution in [1.29, 1.82) is 5.26 Å². The SMILES string of the molecule is [C-]#[N+]c1ccc(OCCCN2CCN(c3ccc(C#N)cc3)CC2)cc1. The summed E-state index contributed by atoms with van der Waals surface area (Å²) in [4.78, 5) is 8.21. The Labute approximate surface area is 154 Å². The van der Waals surface area contributed by atoms with Gasteiger partial charge in [-0.15, -0.1) is 0 Å². The third-order valence-corrected chi connectivity index (χ3v) is 4.59. The molecule has 0 amide bonds. The first-order chi connectivity index (χ1) is 12.8. The van der Waals surface area contributed by atoms with Gasteiger partial charge in [0.1, 0.15) is 5.75 Å². The maximum absolute atomic E-state index is 8.88. The Bertz CT molecular complexity index is 779. The highest BCUT2D eigenvalue weighted by Gasteiger charge is 2.16. The molecule has 1 saturated heterocycles. The van der Waals surface area contributed by atoms with Crippen molar-refractivity contribution in [3.63, 3.8) is 0 Å². The third kappa shape index (κ3) is 4.75. The standard InChI is InChI=1S/C21H22N4O/c1-23-19-5-9-21(10-6-19)26-16-2-11-24-12-14-25(15-13-24)20-7-3-18(17-22)4-8-20/h3-10H,2,11-16H2. The molecule has 0 aliphatic carbocycles. The van der Waals surface area contributed by atoms with E-state index < -0.39 is 0 Å². The van der Waals surface area contributed by atoms with Crippen LogP contribution in [0.1, 0.15) is 12.0 Å². The zero-order valence-corrected chi connectivity index (χ0v) is 14.8. The second-order valence-electron chi connectivity index (χ2n) is 6.30. The van der Waals surface area contributed by atoms with E-state index in [0.717, 1.165) is 44.9 Å². The summed E-state index contributed by atoms with van der Waals surface area (Å²) < 4.78 is 5.74. The monoisotopic (exact) mass is 346 g/mol. The van der Waals surface area contributed by atoms with E-state index in [0.29, 0.717) is 17.9 Å². The molecule has 1 heterocycles. The van der Waals surface area contributed by atoms with Gasteiger partial charge in [0.05, 0.1) is 24.8 Å². The molecule has 1 aliphatic rings. The molecule has 0 saturated carbocycles. The molecule has 0 radical (unpaired) electrons. The van der Waals surface area contributed by atoms with E-state index in [1.165, 1.54) is 5.69 Å². The zero-order valence-electron chi connectivity index (χ0n) is 14.8. The molecule has 2 aromatic carbocycles. The molecule has 26 heavy (non-hydrogen) atoms. The third-order valence-electron chi connectivity index (χ3n) is 4.59. The Balaban J connectivity index is 1.36. The van der Waals surface area contributed by atoms with E-state index in [1.807, 2.05) is 36.4 Å². The summed E-state index contributed by atoms with van der Waals surface area (Å²) in [6.45, 7) is 12.8. The predicted molar refractivity (Wildman–Crippen MR) is 103 cm³/mol. The quantitative estimate of drug-likeness (QED) is 0.591. The van der Waals surface area contributed by atoms with Gasteiger partial charge in [0.15, 0.2) is 5.69 Å². The zero-order chi connectivity index (χ0) is 18.2. The Hall–Kier alpha value is -3.02. The van der Waals surface area contributed by atoms with Crippen LogP contribution in [0, 0.1) is 17.9 Å². The number of ether oxygens (including phenoxy) is 1. The van der Waals surface area contributed by atoms with Gasteiger partial charge in [-0.1, -0.05) is 12.1 Å². The van der Waals surface area contributed by atoms with Crippen LogP contribution >= 0.6 is 0 Å². The van der Waals surface area contributed by atoms with Crippen LogP contribution in [-0.2, 0) is 0 Å². The summed E-state index contributed by atoms with van der Waals surface area (Å²) in [6.07, 6.45) is 0.988. The van der Waals surface area contributed by atoms with E-state index in [1.54, 1.807) is 12.1 Å². The molecule has 0 aromatic heterocycles. The van der Waals surface area contributed by atoms with Crippen LogP contribution in [0.5, 0.6) is 5.75 Å². The Morgan fingerprint density at radius 2 is 1.69 bits per heavy atom. The second kappa shape index (κ2) is 8.89. The second-order valence-corrected chi connectivity index (χ2v) is 6.30. The van der Waals surface area contributed by atoms with Crippen molar-refractivity contribution in [3.05, 3.63) is 65.5 Å². The molecule has 0 atom stereocenters. The minimum Gasteiger partial charge on any atom is -0.494 e. The van der Waals surface area contributed by atoms with Crippen LogP contribution in [0.15, 0.2) is 48.5 Å². The number of hydrogen-bond donors (Lipinski definition) is 0. The minimum absolute atomic E-state index is 0.637. The number of benzene rings is 2. The molecule has 132 valence electrons. The van der Waals surface area contributed by atoms with E-state index in [-0.39, 0.29) is 0 Å². The van der Waals surface area contributed by atoms with Gasteiger partial charge in [0.2, 0.25) is 0 Å². The lowest BCUT2D eigenvalue weighted by Crippen LogP contribution is -2.46. The first-order valence-electron chi connectivity index (χ1n) is 8.86. The van der Waals surface area contributed by atoms with Gasteiger partial charge in [-0.2, -0.15) is 5.26 Å². The largest absolute Gasteiger partial charge is 0.494 e. The summed E-state index contributed by atoms with van der Waals surface area (Å²) in [5.74, 6) is 0.822. The Morgan fingerprint density at radius 3 is 2.31 bits per heavy atom. The fourth-order valence-corrected chi connectivity index (χ4v) is 3.07. The Morgan fingerprint density at radius 1 is 1.00 bits per heavy atom. The average molecular weight is 346 g/mol. The van der Waals surface area contributed by atoms with E-state index in [2.05, 4.69) is 20.7 Å². The lowest BCUT2D eigenvalue weighted by atomic mass is 10.2. The number of anilines is 1. The topological polar surface area (TPSA) is 43.9 Å². The fourth-order valence-electron chi connectivity index (χ4n) is 3.07. The van der Waals surface area contributed by atoms with Gasteiger partial charge in [-0.3, -0.25) is 4.90 Å². The lowest BCUT2D eigenvalue weighted by Gasteiger charge is -2.36. The van der Waals surface area contributed by atoms with Crippen molar-refractivity contribution in [2.75, 3.05) is 44.2 Å². The van der Waals surface area contributed by atoms with Gasteiger partial charge >= 0.3 is 0 Å². The fraction of sp³-hybridized carbons (Fsp3) is 0.333. The summed E-state index contributed by atoms with van der Waals surface area (Å²) in [7, 11) is 0. The molecule has 2 aromatic rings. The van der Waals surface area contributed by atoms with Crippen molar-refractivity contribution in [1.82, 2.24) is 4.90 Å². The van der Waals surface area contributed by atoms with E-state index >= 15 is 0 Å². The summed E-state index contributed by atoms with van der Waals surface area (Å²) in [5.41, 5.74) is 2.53. The summed E-state index contributed by atoms with van der Waals surface area (Å²) >= 11 is 0. The number of nitriles is 1. The van der Waals surface area contributed by atoms with Gasteiger partial charge in [0, 0.05) is 38.4 Å². The van der Waals surface area contributed by atoms with Gasteiger partial charge in [-0.05, 0) is 42.8 Å². The smallest absolute Gasteiger partial charge is 0.187 e. The highest BCUT2D eigenvalue weighted by atomic mass is 16.5. The normalized spacial score (nSPS) is 14.5. The van der Waals surface area contributed by atoms with Gasteiger partial charge in [0.25, 0.3) is 0 Å². The van der Waals surface area contributed by atoms with Crippen LogP contribution in [-0.4, -0.2) is 44.2 Å². The van der Waals surface area contributed by atoms with Crippen LogP contribution < -0.4 is 9.64 Å². The van der Waals surface area contributed by atoms with E-state index in [9.17, 15) is 0 Å². The maximum atomic E-state index is 8.88. The molecular weight excluding hydrogens is 324 g/mol. The molecule has 3 rings (SSSR count). The highest BCUT2D eigenvalue weighted by molar-refractivity contribution is 5.50. The van der Waals surface area contributed by atoms with Crippen LogP contribution in [0.3, 0.4) is 0 Å². The molecule has 5 heteroatoms. The number of hydrogen-bond acceptors (Lipinski definition) is 4. The summed E-state index contributed by atoms with van der Waals surface area (Å²) in [5, 5.41) is 8.88. The van der Waals surface area contributed by atoms with Crippen molar-refractivity contribution >= 4 is 11.4 Å². The molecule has 0 bridgehead atoms. The number of nitrogens with zero attached hydrogens (tertiary/aromatic N) is 4. The molecule has 5 nitrogen and oxygen atoms in total. The van der Waals surface area contributed by atoms with Crippen LogP contribution in [0.25, 0.3) is 4.85 Å². The van der Waals surface area contributed by atoms with Crippen molar-refractivity contribution in [2.24, 2.45) is 0 Å². The van der Waals surface area contributed by atoms with Crippen molar-refractivity contribution in [3.8, 4) is 11.8 Å². The molecule has 1 fully saturated rings. The average Bonchev–Trinajstić information content (AvgIpc) is 2.72. The van der Waals surface area contributed by atoms with E-state index in [4.69, 9.17) is 16.6 Å². The Kier molecular flexibility index (Phi) is 6.09. The first-order valence-corrected chi connectivity index (χ1v) is 8.86. The molecular formula is C21H22N4O.